The zero-order chi connectivity index (χ0) is 10.0. The van der Waals surface area contributed by atoms with Crippen LogP contribution in [-0.4, -0.2) is 11.8 Å². The van der Waals surface area contributed by atoms with Crippen molar-refractivity contribution in [2.24, 2.45) is 5.73 Å². The van der Waals surface area contributed by atoms with E-state index in [0.717, 1.165) is 0 Å². The van der Waals surface area contributed by atoms with Crippen LogP contribution in [0.3, 0.4) is 0 Å². The van der Waals surface area contributed by atoms with Gasteiger partial charge in [0.2, 0.25) is 0 Å². The first-order valence-electron chi connectivity index (χ1n) is 3.56. The first-order chi connectivity index (χ1) is 6.07. The largest absolute Gasteiger partial charge is 0.506 e. The van der Waals surface area contributed by atoms with Crippen molar-refractivity contribution < 1.29 is 9.50 Å². The first-order valence-corrected chi connectivity index (χ1v) is 4.73. The maximum Gasteiger partial charge on any atom is 0.136 e. The minimum Gasteiger partial charge on any atom is -0.506 e. The van der Waals surface area contributed by atoms with Gasteiger partial charge in [-0.05, 0) is 22.0 Å². The van der Waals surface area contributed by atoms with Gasteiger partial charge in [-0.3, -0.25) is 0 Å². The lowest BCUT2D eigenvalue weighted by atomic mass is 10.1. The number of phenolic OH excluding ortho intramolecular Hbond substituents is 1. The molecule has 0 saturated heterocycles. The van der Waals surface area contributed by atoms with E-state index in [0.29, 0.717) is 15.1 Å². The third-order valence-electron chi connectivity index (χ3n) is 1.67. The second kappa shape index (κ2) is 4.26. The lowest BCUT2D eigenvalue weighted by Crippen LogP contribution is -2.12. The number of halogens is 3. The average Bonchev–Trinajstić information content (AvgIpc) is 2.13. The number of nitrogens with two attached hydrogens (primary N) is 1. The highest BCUT2D eigenvalue weighted by molar-refractivity contribution is 9.10. The van der Waals surface area contributed by atoms with Crippen molar-refractivity contribution in [3.8, 4) is 5.75 Å². The summed E-state index contributed by atoms with van der Waals surface area (Å²) in [4.78, 5) is 0. The molecule has 5 heteroatoms. The Bertz CT molecular complexity index is 321. The van der Waals surface area contributed by atoms with Gasteiger partial charge in [0.05, 0.1) is 15.5 Å². The molecule has 3 N–H and O–H groups in total. The predicted molar refractivity (Wildman–Crippen MR) is 53.7 cm³/mol. The summed E-state index contributed by atoms with van der Waals surface area (Å²) < 4.78 is 12.5. The van der Waals surface area contributed by atoms with E-state index in [4.69, 9.17) is 17.3 Å². The summed E-state index contributed by atoms with van der Waals surface area (Å²) in [5, 5.41) is 9.87. The second-order valence-electron chi connectivity index (χ2n) is 2.56. The molecule has 13 heavy (non-hydrogen) atoms. The number of benzene rings is 1. The van der Waals surface area contributed by atoms with Crippen LogP contribution in [0.25, 0.3) is 0 Å². The van der Waals surface area contributed by atoms with E-state index in [1.54, 1.807) is 6.07 Å². The summed E-state index contributed by atoms with van der Waals surface area (Å²) >= 11 is 8.76. The van der Waals surface area contributed by atoms with Crippen LogP contribution in [0.4, 0.5) is 4.39 Å². The Kier molecular flexibility index (Phi) is 3.53. The number of aromatic hydroxyl groups is 1. The van der Waals surface area contributed by atoms with Gasteiger partial charge in [0.15, 0.2) is 0 Å². The van der Waals surface area contributed by atoms with Crippen LogP contribution in [-0.2, 0) is 0 Å². The minimum atomic E-state index is -0.812. The Balaban J connectivity index is 3.18. The number of hydrogen-bond acceptors (Lipinski definition) is 2. The Hall–Kier alpha value is -0.320. The normalized spacial score (nSPS) is 12.9. The molecule has 0 aliphatic carbocycles. The van der Waals surface area contributed by atoms with E-state index < -0.39 is 12.7 Å². The van der Waals surface area contributed by atoms with Gasteiger partial charge < -0.3 is 10.8 Å². The van der Waals surface area contributed by atoms with Crippen molar-refractivity contribution in [3.63, 3.8) is 0 Å². The molecule has 1 atom stereocenters. The standard InChI is InChI=1S/C8H8BrClFNO/c9-7-5(10)2-1-4(8(7)13)6(12)3-11/h1-2,6,13H,3,12H2/t6-/m0/s1. The van der Waals surface area contributed by atoms with Crippen molar-refractivity contribution in [2.75, 3.05) is 6.67 Å². The maximum atomic E-state index is 12.2. The van der Waals surface area contributed by atoms with Crippen molar-refractivity contribution in [1.29, 1.82) is 0 Å². The fraction of sp³-hybridized carbons (Fsp3) is 0.250. The molecule has 0 radical (unpaired) electrons. The molecule has 0 unspecified atom stereocenters. The van der Waals surface area contributed by atoms with Gasteiger partial charge in [0.1, 0.15) is 12.4 Å². The van der Waals surface area contributed by atoms with Crippen LogP contribution in [0, 0.1) is 0 Å². The Morgan fingerprint density at radius 1 is 1.62 bits per heavy atom. The maximum absolute atomic E-state index is 12.2. The van der Waals surface area contributed by atoms with E-state index in [1.807, 2.05) is 0 Å². The molecule has 0 aromatic heterocycles. The summed E-state index contributed by atoms with van der Waals surface area (Å²) in [7, 11) is 0. The van der Waals surface area contributed by atoms with Gasteiger partial charge in [0.25, 0.3) is 0 Å². The third kappa shape index (κ3) is 2.13. The fourth-order valence-corrected chi connectivity index (χ4v) is 1.45. The van der Waals surface area contributed by atoms with Crippen molar-refractivity contribution in [2.45, 2.75) is 6.04 Å². The van der Waals surface area contributed by atoms with Gasteiger partial charge in [-0.15, -0.1) is 0 Å². The Morgan fingerprint density at radius 2 is 2.23 bits per heavy atom. The molecule has 2 nitrogen and oxygen atoms in total. The second-order valence-corrected chi connectivity index (χ2v) is 3.76. The van der Waals surface area contributed by atoms with E-state index in [-0.39, 0.29) is 5.75 Å². The van der Waals surface area contributed by atoms with E-state index in [2.05, 4.69) is 15.9 Å². The molecular weight excluding hydrogens is 260 g/mol. The molecule has 0 spiro atoms. The van der Waals surface area contributed by atoms with Crippen LogP contribution < -0.4 is 5.73 Å². The predicted octanol–water partition coefficient (Wildman–Crippen LogP) is 2.78. The van der Waals surface area contributed by atoms with Crippen LogP contribution >= 0.6 is 27.5 Å². The van der Waals surface area contributed by atoms with Crippen LogP contribution in [0.2, 0.25) is 5.02 Å². The zero-order valence-electron chi connectivity index (χ0n) is 6.60. The zero-order valence-corrected chi connectivity index (χ0v) is 8.94. The molecule has 0 aliphatic heterocycles. The summed E-state index contributed by atoms with van der Waals surface area (Å²) in [6.07, 6.45) is 0. The number of rotatable bonds is 2. The first kappa shape index (κ1) is 10.8. The quantitative estimate of drug-likeness (QED) is 0.866. The van der Waals surface area contributed by atoms with E-state index in [1.165, 1.54) is 6.07 Å². The SMILES string of the molecule is N[C@@H](CF)c1ccc(Cl)c(Br)c1O. The Morgan fingerprint density at radius 3 is 2.77 bits per heavy atom. The molecule has 1 aromatic carbocycles. The van der Waals surface area contributed by atoms with Gasteiger partial charge in [-0.1, -0.05) is 17.7 Å². The van der Waals surface area contributed by atoms with Crippen molar-refractivity contribution >= 4 is 27.5 Å². The lowest BCUT2D eigenvalue weighted by Gasteiger charge is -2.11. The molecule has 72 valence electrons. The molecule has 1 rings (SSSR count). The van der Waals surface area contributed by atoms with E-state index >= 15 is 0 Å². The summed E-state index contributed by atoms with van der Waals surface area (Å²) in [5.74, 6) is -0.0994. The lowest BCUT2D eigenvalue weighted by molar-refractivity contribution is 0.413. The Labute approximate surface area is 88.6 Å². The van der Waals surface area contributed by atoms with E-state index in [9.17, 15) is 9.50 Å². The number of phenols is 1. The molecule has 0 aliphatic rings. The van der Waals surface area contributed by atoms with Gasteiger partial charge >= 0.3 is 0 Å². The smallest absolute Gasteiger partial charge is 0.136 e. The highest BCUT2D eigenvalue weighted by Gasteiger charge is 2.14. The monoisotopic (exact) mass is 267 g/mol. The van der Waals surface area contributed by atoms with Crippen molar-refractivity contribution in [1.82, 2.24) is 0 Å². The molecule has 0 bridgehead atoms. The third-order valence-corrected chi connectivity index (χ3v) is 3.01. The van der Waals surface area contributed by atoms with Crippen LogP contribution in [0.15, 0.2) is 16.6 Å². The molecular formula is C8H8BrClFNO. The minimum absolute atomic E-state index is 0.0994. The van der Waals surface area contributed by atoms with Crippen LogP contribution in [0.1, 0.15) is 11.6 Å². The highest BCUT2D eigenvalue weighted by Crippen LogP contribution is 2.36. The summed E-state index contributed by atoms with van der Waals surface area (Å²) in [5.41, 5.74) is 5.76. The number of hydrogen-bond donors (Lipinski definition) is 2. The molecule has 0 heterocycles. The fourth-order valence-electron chi connectivity index (χ4n) is 0.937. The van der Waals surface area contributed by atoms with Crippen LogP contribution in [0.5, 0.6) is 5.75 Å². The molecule has 1 aromatic rings. The highest BCUT2D eigenvalue weighted by atomic mass is 79.9. The summed E-state index contributed by atoms with van der Waals surface area (Å²) in [6.45, 7) is -0.721. The average molecular weight is 269 g/mol. The topological polar surface area (TPSA) is 46.2 Å². The van der Waals surface area contributed by atoms with Gasteiger partial charge in [-0.2, -0.15) is 0 Å². The molecule has 0 amide bonds. The number of alkyl halides is 1. The molecule has 0 fully saturated rings. The van der Waals surface area contributed by atoms with Crippen molar-refractivity contribution in [3.05, 3.63) is 27.2 Å². The molecule has 0 saturated carbocycles. The van der Waals surface area contributed by atoms with Gasteiger partial charge in [-0.25, -0.2) is 4.39 Å². The van der Waals surface area contributed by atoms with Gasteiger partial charge in [0, 0.05) is 5.56 Å². The summed E-state index contributed by atoms with van der Waals surface area (Å²) in [6, 6.07) is 2.25.